The van der Waals surface area contributed by atoms with Gasteiger partial charge in [-0.2, -0.15) is 0 Å². The van der Waals surface area contributed by atoms with Crippen molar-refractivity contribution in [2.24, 2.45) is 0 Å². The Kier molecular flexibility index (Phi) is 14.1. The van der Waals surface area contributed by atoms with E-state index in [1.807, 2.05) is 6.92 Å². The van der Waals surface area contributed by atoms with Gasteiger partial charge in [-0.25, -0.2) is 0 Å². The van der Waals surface area contributed by atoms with Gasteiger partial charge >= 0.3 is 23.1 Å². The maximum Gasteiger partial charge on any atom is 2.00 e. The summed E-state index contributed by atoms with van der Waals surface area (Å²) in [6.07, 6.45) is 0. The largest absolute Gasteiger partial charge is 2.00 e. The Morgan fingerprint density at radius 2 is 1.78 bits per heavy atom. The van der Waals surface area contributed by atoms with Gasteiger partial charge < -0.3 is 28.0 Å². The molecule has 0 aliphatic carbocycles. The van der Waals surface area contributed by atoms with Crippen molar-refractivity contribution >= 4 is 31.4 Å². The molecule has 0 spiro atoms. The maximum absolute atomic E-state index is 5.26. The van der Waals surface area contributed by atoms with Crippen molar-refractivity contribution in [1.29, 1.82) is 0 Å². The van der Waals surface area contributed by atoms with E-state index in [2.05, 4.69) is 19.6 Å². The van der Waals surface area contributed by atoms with Crippen LogP contribution in [0.25, 0.3) is 0 Å². The van der Waals surface area contributed by atoms with Crippen LogP contribution in [0.3, 0.4) is 0 Å². The zero-order chi connectivity index (χ0) is 5.91. The molecule has 0 saturated carbocycles. The minimum atomic E-state index is -1.41. The molecule has 0 unspecified atom stereocenters. The summed E-state index contributed by atoms with van der Waals surface area (Å²) in [6, 6.07) is 0. The molecule has 0 aliphatic rings. The summed E-state index contributed by atoms with van der Waals surface area (Å²) >= 11 is 0. The van der Waals surface area contributed by atoms with E-state index in [9.17, 15) is 0 Å². The van der Waals surface area contributed by atoms with Gasteiger partial charge in [0.25, 0.3) is 0 Å². The second-order valence-corrected chi connectivity index (χ2v) is 6.00. The van der Waals surface area contributed by atoms with Crippen molar-refractivity contribution in [3.8, 4) is 0 Å². The van der Waals surface area contributed by atoms with Crippen molar-refractivity contribution in [2.45, 2.75) is 20.0 Å². The fourth-order valence-corrected chi connectivity index (χ4v) is 1.17. The fourth-order valence-electron chi connectivity index (χ4n) is 0.391. The summed E-state index contributed by atoms with van der Waals surface area (Å²) < 4.78 is 5.26. The zero-order valence-electron chi connectivity index (χ0n) is 6.41. The van der Waals surface area contributed by atoms with Gasteiger partial charge in [0, 0.05) is 14.9 Å². The summed E-state index contributed by atoms with van der Waals surface area (Å²) in [6.45, 7) is 10.8. The molecule has 0 heterocycles. The Balaban J connectivity index is -0.000000180. The Hall–Kier alpha value is 1.42. The minimum absolute atomic E-state index is 0. The van der Waals surface area contributed by atoms with Crippen molar-refractivity contribution < 1.29 is 21.4 Å². The van der Waals surface area contributed by atoms with Crippen LogP contribution in [0.15, 0.2) is 0 Å². The minimum Gasteiger partial charge on any atom is -1.00 e. The molecule has 0 saturated heterocycles. The van der Waals surface area contributed by atoms with E-state index in [4.69, 9.17) is 4.43 Å². The summed E-state index contributed by atoms with van der Waals surface area (Å²) in [5, 5.41) is 0. The van der Waals surface area contributed by atoms with Crippen molar-refractivity contribution in [1.82, 2.24) is 0 Å². The molecule has 0 aromatic carbocycles. The Bertz CT molecular complexity index is 55.4. The Labute approximate surface area is 85.6 Å². The molecule has 4 heteroatoms. The molecule has 1 nitrogen and oxygen atoms in total. The molecule has 52 valence electrons. The van der Waals surface area contributed by atoms with Gasteiger partial charge in [-0.1, -0.05) is 13.1 Å². The normalized spacial score (nSPS) is 9.33. The molecule has 0 aromatic heterocycles. The van der Waals surface area contributed by atoms with E-state index < -0.39 is 8.32 Å². The van der Waals surface area contributed by atoms with Crippen LogP contribution in [0.4, 0.5) is 0 Å². The smallest absolute Gasteiger partial charge is 1.00 e. The molecular weight excluding hydrogens is 208 g/mol. The van der Waals surface area contributed by atoms with Crippen LogP contribution >= 0.6 is 0 Å². The predicted octanol–water partition coefficient (Wildman–Crippen LogP) is -1.78. The second-order valence-electron chi connectivity index (χ2n) is 2.19. The van der Waals surface area contributed by atoms with Gasteiger partial charge in [0.15, 0.2) is 0 Å². The molecule has 0 fully saturated rings. The summed E-state index contributed by atoms with van der Waals surface area (Å²) in [7, 11) is -1.41. The summed E-state index contributed by atoms with van der Waals surface area (Å²) in [5.41, 5.74) is 0. The summed E-state index contributed by atoms with van der Waals surface area (Å²) in [5.74, 6) is 0. The quantitative estimate of drug-likeness (QED) is 0.396. The monoisotopic (exact) mass is 220 g/mol. The molecule has 0 aromatic rings. The molecule has 9 heavy (non-hydrogen) atoms. The number of hydrogen-bond acceptors (Lipinski definition) is 1. The van der Waals surface area contributed by atoms with Crippen LogP contribution in [-0.2, 0) is 4.43 Å². The van der Waals surface area contributed by atoms with Crippen LogP contribution in [0.5, 0.6) is 0 Å². The first kappa shape index (κ1) is 16.8. The van der Waals surface area contributed by atoms with Crippen LogP contribution < -0.4 is 17.0 Å². The molecule has 0 atom stereocenters. The third-order valence-electron chi connectivity index (χ3n) is 0.535. The van der Waals surface area contributed by atoms with Crippen LogP contribution in [0.2, 0.25) is 13.1 Å². The van der Waals surface area contributed by atoms with E-state index in [1.54, 1.807) is 0 Å². The van der Waals surface area contributed by atoms with E-state index in [0.717, 1.165) is 6.61 Å². The average molecular weight is 221 g/mol. The first-order chi connectivity index (χ1) is 3.06. The summed E-state index contributed by atoms with van der Waals surface area (Å²) in [4.78, 5) is 0. The Morgan fingerprint density at radius 1 is 1.44 bits per heavy atom. The molecular formula is C5H13BrMgOSi. The van der Waals surface area contributed by atoms with Crippen LogP contribution in [-0.4, -0.2) is 38.0 Å². The van der Waals surface area contributed by atoms with Gasteiger partial charge in [0.1, 0.15) is 0 Å². The van der Waals surface area contributed by atoms with E-state index in [0.29, 0.717) is 0 Å². The van der Waals surface area contributed by atoms with Gasteiger partial charge in [-0.05, 0) is 6.92 Å². The fraction of sp³-hybridized carbons (Fsp3) is 0.800. The van der Waals surface area contributed by atoms with Crippen LogP contribution in [0, 0.1) is 6.55 Å². The second kappa shape index (κ2) is 7.53. The first-order valence-corrected chi connectivity index (χ1v) is 5.67. The molecule has 0 rings (SSSR count). The van der Waals surface area contributed by atoms with E-state index in [1.165, 1.54) is 0 Å². The standard InChI is InChI=1S/C5H13OSi.BrH.Mg/c1-5-6-7(2,3)4;;/h2,5H2,1,3-4H3;1H;/q-1;;+2/p-1. The van der Waals surface area contributed by atoms with Gasteiger partial charge in [0.05, 0.1) is 0 Å². The number of rotatable bonds is 2. The predicted molar refractivity (Wildman–Crippen MR) is 40.2 cm³/mol. The van der Waals surface area contributed by atoms with Crippen molar-refractivity contribution in [2.75, 3.05) is 6.61 Å². The molecule has 0 bridgehead atoms. The molecule has 0 N–H and O–H groups in total. The van der Waals surface area contributed by atoms with E-state index >= 15 is 0 Å². The molecule has 0 radical (unpaired) electrons. The third kappa shape index (κ3) is 17.7. The molecule has 0 amide bonds. The van der Waals surface area contributed by atoms with E-state index in [-0.39, 0.29) is 40.0 Å². The van der Waals surface area contributed by atoms with Gasteiger partial charge in [-0.15, -0.1) is 0 Å². The number of hydrogen-bond donors (Lipinski definition) is 0. The average Bonchev–Trinajstić information content (AvgIpc) is 1.30. The SMILES string of the molecule is [Br-].[CH2-][Si](C)(C)OCC.[Mg+2]. The van der Waals surface area contributed by atoms with Crippen LogP contribution in [0.1, 0.15) is 6.92 Å². The Morgan fingerprint density at radius 3 is 1.78 bits per heavy atom. The van der Waals surface area contributed by atoms with Gasteiger partial charge in [0.2, 0.25) is 0 Å². The first-order valence-electron chi connectivity index (χ1n) is 2.55. The zero-order valence-corrected chi connectivity index (χ0v) is 10.4. The van der Waals surface area contributed by atoms with Crippen molar-refractivity contribution in [3.63, 3.8) is 0 Å². The van der Waals surface area contributed by atoms with Crippen molar-refractivity contribution in [3.05, 3.63) is 6.55 Å². The number of halogens is 1. The maximum atomic E-state index is 5.26. The van der Waals surface area contributed by atoms with Gasteiger partial charge in [-0.3, -0.25) is 0 Å². The third-order valence-corrected chi connectivity index (χ3v) is 1.61. The molecule has 0 aliphatic heterocycles. The topological polar surface area (TPSA) is 9.23 Å².